The highest BCUT2D eigenvalue weighted by atomic mass is 16.5. The molecule has 1 heterocycles. The summed E-state index contributed by atoms with van der Waals surface area (Å²) in [6.07, 6.45) is 11.7. The summed E-state index contributed by atoms with van der Waals surface area (Å²) < 4.78 is 4.96. The summed E-state index contributed by atoms with van der Waals surface area (Å²) >= 11 is 0. The Balaban J connectivity index is 1.91. The molecule has 98 valence electrons. The second kappa shape index (κ2) is 8.32. The van der Waals surface area contributed by atoms with Crippen molar-refractivity contribution < 1.29 is 9.53 Å². The van der Waals surface area contributed by atoms with Gasteiger partial charge in [0.15, 0.2) is 0 Å². The molecule has 0 bridgehead atoms. The van der Waals surface area contributed by atoms with E-state index in [2.05, 4.69) is 13.5 Å². The normalized spacial score (nSPS) is 19.7. The zero-order valence-electron chi connectivity index (χ0n) is 11.2. The van der Waals surface area contributed by atoms with Crippen LogP contribution in [0.3, 0.4) is 0 Å². The largest absolute Gasteiger partial charge is 0.462 e. The smallest absolute Gasteiger partial charge is 0.333 e. The topological polar surface area (TPSA) is 26.3 Å². The molecule has 0 aromatic carbocycles. The molecule has 1 unspecified atom stereocenters. The Kier molecular flexibility index (Phi) is 6.99. The molecule has 0 radical (unpaired) electrons. The fourth-order valence-electron chi connectivity index (χ4n) is 2.32. The summed E-state index contributed by atoms with van der Waals surface area (Å²) in [6.45, 7) is 6.60. The standard InChI is InChI=1S/C15H26O2/c1-3-4-5-6-7-8-9-10-11-14-12-17-15(16)13(14)2/h14H,2-12H2,1H3. The molecule has 1 aliphatic heterocycles. The minimum absolute atomic E-state index is 0.186. The summed E-state index contributed by atoms with van der Waals surface area (Å²) in [5.74, 6) is 0.108. The quantitative estimate of drug-likeness (QED) is 0.341. The monoisotopic (exact) mass is 238 g/mol. The molecule has 1 atom stereocenters. The third-order valence-corrected chi connectivity index (χ3v) is 3.58. The van der Waals surface area contributed by atoms with Crippen LogP contribution in [0, 0.1) is 5.92 Å². The van der Waals surface area contributed by atoms with Crippen molar-refractivity contribution in [3.8, 4) is 0 Å². The Morgan fingerprint density at radius 2 is 1.71 bits per heavy atom. The first-order valence-corrected chi connectivity index (χ1v) is 7.11. The van der Waals surface area contributed by atoms with Crippen molar-refractivity contribution in [2.24, 2.45) is 5.92 Å². The Morgan fingerprint density at radius 1 is 1.12 bits per heavy atom. The van der Waals surface area contributed by atoms with Gasteiger partial charge in [-0.2, -0.15) is 0 Å². The molecular formula is C15H26O2. The van der Waals surface area contributed by atoms with Gasteiger partial charge in [-0.3, -0.25) is 0 Å². The van der Waals surface area contributed by atoms with E-state index in [0.29, 0.717) is 18.1 Å². The summed E-state index contributed by atoms with van der Waals surface area (Å²) in [7, 11) is 0. The van der Waals surface area contributed by atoms with Crippen LogP contribution < -0.4 is 0 Å². The number of carbonyl (C=O) groups excluding carboxylic acids is 1. The van der Waals surface area contributed by atoms with Gasteiger partial charge in [0.2, 0.25) is 0 Å². The zero-order valence-corrected chi connectivity index (χ0v) is 11.2. The number of cyclic esters (lactones) is 1. The van der Waals surface area contributed by atoms with Crippen molar-refractivity contribution in [1.82, 2.24) is 0 Å². The fraction of sp³-hybridized carbons (Fsp3) is 0.800. The van der Waals surface area contributed by atoms with Crippen molar-refractivity contribution >= 4 is 5.97 Å². The molecule has 0 aliphatic carbocycles. The molecule has 0 amide bonds. The van der Waals surface area contributed by atoms with Crippen molar-refractivity contribution in [2.45, 2.75) is 64.7 Å². The molecule has 1 aliphatic rings. The maximum atomic E-state index is 11.1. The van der Waals surface area contributed by atoms with Gasteiger partial charge in [-0.1, -0.05) is 64.9 Å². The summed E-state index contributed by atoms with van der Waals surface area (Å²) in [6, 6.07) is 0. The van der Waals surface area contributed by atoms with E-state index < -0.39 is 0 Å². The molecule has 1 saturated heterocycles. The molecular weight excluding hydrogens is 212 g/mol. The zero-order chi connectivity index (χ0) is 12.5. The molecule has 0 aromatic heterocycles. The lowest BCUT2D eigenvalue weighted by Crippen LogP contribution is -2.02. The summed E-state index contributed by atoms with van der Waals surface area (Å²) in [5, 5.41) is 0. The van der Waals surface area contributed by atoms with Crippen LogP contribution >= 0.6 is 0 Å². The highest BCUT2D eigenvalue weighted by Gasteiger charge is 2.27. The van der Waals surface area contributed by atoms with Gasteiger partial charge in [-0.25, -0.2) is 4.79 Å². The first-order chi connectivity index (χ1) is 8.25. The van der Waals surface area contributed by atoms with Gasteiger partial charge in [0.05, 0.1) is 6.61 Å². The molecule has 1 fully saturated rings. The molecule has 2 nitrogen and oxygen atoms in total. The molecule has 2 heteroatoms. The minimum Gasteiger partial charge on any atom is -0.462 e. The maximum Gasteiger partial charge on any atom is 0.333 e. The van der Waals surface area contributed by atoms with E-state index in [1.807, 2.05) is 0 Å². The van der Waals surface area contributed by atoms with Gasteiger partial charge in [0.1, 0.15) is 0 Å². The van der Waals surface area contributed by atoms with Crippen LogP contribution in [0.1, 0.15) is 64.7 Å². The second-order valence-electron chi connectivity index (χ2n) is 5.08. The number of carbonyl (C=O) groups is 1. The lowest BCUT2D eigenvalue weighted by molar-refractivity contribution is -0.135. The van der Waals surface area contributed by atoms with E-state index in [1.54, 1.807) is 0 Å². The highest BCUT2D eigenvalue weighted by Crippen LogP contribution is 2.25. The average Bonchev–Trinajstić information content (AvgIpc) is 2.64. The summed E-state index contributed by atoms with van der Waals surface area (Å²) in [4.78, 5) is 11.1. The molecule has 1 rings (SSSR count). The molecule has 0 N–H and O–H groups in total. The number of rotatable bonds is 9. The van der Waals surface area contributed by atoms with Crippen LogP contribution in [0.15, 0.2) is 12.2 Å². The van der Waals surface area contributed by atoms with Crippen LogP contribution in [-0.2, 0) is 9.53 Å². The fourth-order valence-corrected chi connectivity index (χ4v) is 2.32. The number of unbranched alkanes of at least 4 members (excludes halogenated alkanes) is 7. The SMILES string of the molecule is C=C1C(=O)OCC1CCCCCCCCCC. The predicted octanol–water partition coefficient (Wildman–Crippen LogP) is 4.25. The Labute approximate surface area is 105 Å². The molecule has 17 heavy (non-hydrogen) atoms. The number of hydrogen-bond acceptors (Lipinski definition) is 2. The molecule has 0 saturated carbocycles. The van der Waals surface area contributed by atoms with Crippen LogP contribution in [0.4, 0.5) is 0 Å². The van der Waals surface area contributed by atoms with E-state index in [4.69, 9.17) is 4.74 Å². The first-order valence-electron chi connectivity index (χ1n) is 7.11. The Hall–Kier alpha value is -0.790. The van der Waals surface area contributed by atoms with Gasteiger partial charge in [-0.05, 0) is 6.42 Å². The van der Waals surface area contributed by atoms with Crippen molar-refractivity contribution in [3.63, 3.8) is 0 Å². The highest BCUT2D eigenvalue weighted by molar-refractivity contribution is 5.90. The number of hydrogen-bond donors (Lipinski definition) is 0. The number of esters is 1. The number of ether oxygens (including phenoxy) is 1. The van der Waals surface area contributed by atoms with Crippen molar-refractivity contribution in [1.29, 1.82) is 0 Å². The van der Waals surface area contributed by atoms with E-state index in [9.17, 15) is 4.79 Å². The van der Waals surface area contributed by atoms with E-state index >= 15 is 0 Å². The minimum atomic E-state index is -0.186. The Bertz CT molecular complexity index is 245. The van der Waals surface area contributed by atoms with Crippen LogP contribution in [-0.4, -0.2) is 12.6 Å². The van der Waals surface area contributed by atoms with Gasteiger partial charge in [-0.15, -0.1) is 0 Å². The third-order valence-electron chi connectivity index (χ3n) is 3.58. The van der Waals surface area contributed by atoms with Gasteiger partial charge >= 0.3 is 5.97 Å². The van der Waals surface area contributed by atoms with Crippen LogP contribution in [0.25, 0.3) is 0 Å². The molecule has 0 spiro atoms. The van der Waals surface area contributed by atoms with Crippen molar-refractivity contribution in [2.75, 3.05) is 6.61 Å². The summed E-state index contributed by atoms with van der Waals surface area (Å²) in [5.41, 5.74) is 0.688. The Morgan fingerprint density at radius 3 is 2.24 bits per heavy atom. The first kappa shape index (κ1) is 14.3. The van der Waals surface area contributed by atoms with Crippen LogP contribution in [0.2, 0.25) is 0 Å². The average molecular weight is 238 g/mol. The van der Waals surface area contributed by atoms with Gasteiger partial charge in [0.25, 0.3) is 0 Å². The van der Waals surface area contributed by atoms with Crippen LogP contribution in [0.5, 0.6) is 0 Å². The lowest BCUT2D eigenvalue weighted by atomic mass is 9.96. The lowest BCUT2D eigenvalue weighted by Gasteiger charge is -2.06. The third kappa shape index (κ3) is 5.38. The predicted molar refractivity (Wildman–Crippen MR) is 70.8 cm³/mol. The van der Waals surface area contributed by atoms with Gasteiger partial charge in [0, 0.05) is 11.5 Å². The second-order valence-corrected chi connectivity index (χ2v) is 5.08. The van der Waals surface area contributed by atoms with E-state index in [1.165, 1.54) is 51.4 Å². The van der Waals surface area contributed by atoms with Crippen molar-refractivity contribution in [3.05, 3.63) is 12.2 Å². The van der Waals surface area contributed by atoms with Gasteiger partial charge < -0.3 is 4.74 Å². The molecule has 0 aromatic rings. The van der Waals surface area contributed by atoms with E-state index in [-0.39, 0.29) is 5.97 Å². The maximum absolute atomic E-state index is 11.1. The van der Waals surface area contributed by atoms with E-state index in [0.717, 1.165) is 6.42 Å².